The van der Waals surface area contributed by atoms with Crippen molar-refractivity contribution in [1.29, 1.82) is 0 Å². The fourth-order valence-corrected chi connectivity index (χ4v) is 2.27. The largest absolute Gasteiger partial charge is 0.233 e. The van der Waals surface area contributed by atoms with Gasteiger partial charge in [-0.05, 0) is 26.8 Å². The molecule has 0 aliphatic rings. The molecule has 0 unspecified atom stereocenters. The average molecular weight is 274 g/mol. The molecule has 2 aromatic carbocycles. The molecule has 2 heteroatoms. The maximum atomic E-state index is 4.72. The van der Waals surface area contributed by atoms with Crippen LogP contribution >= 0.6 is 0 Å². The van der Waals surface area contributed by atoms with Gasteiger partial charge >= 0.3 is 0 Å². The summed E-state index contributed by atoms with van der Waals surface area (Å²) in [7, 11) is 0. The van der Waals surface area contributed by atoms with Crippen molar-refractivity contribution in [3.63, 3.8) is 0 Å². The smallest absolute Gasteiger partial charge is 0.160 e. The summed E-state index contributed by atoms with van der Waals surface area (Å²) in [5, 5.41) is 0. The minimum absolute atomic E-state index is 0.783. The van der Waals surface area contributed by atoms with Crippen LogP contribution in [0.25, 0.3) is 22.6 Å². The van der Waals surface area contributed by atoms with Crippen LogP contribution in [0.2, 0.25) is 0 Å². The molecule has 1 heterocycles. The Balaban J connectivity index is 2.07. The number of hydrogen-bond donors (Lipinski definition) is 0. The minimum atomic E-state index is 0.783. The number of hydrogen-bond acceptors (Lipinski definition) is 2. The second-order valence-corrected chi connectivity index (χ2v) is 5.45. The predicted molar refractivity (Wildman–Crippen MR) is 87.1 cm³/mol. The number of aromatic nitrogens is 2. The van der Waals surface area contributed by atoms with E-state index in [1.807, 2.05) is 13.0 Å². The highest BCUT2D eigenvalue weighted by Gasteiger charge is 2.06. The van der Waals surface area contributed by atoms with Gasteiger partial charge in [-0.1, -0.05) is 59.7 Å². The van der Waals surface area contributed by atoms with E-state index in [-0.39, 0.29) is 0 Å². The molecule has 0 fully saturated rings. The Morgan fingerprint density at radius 1 is 0.619 bits per heavy atom. The molecule has 0 aliphatic carbocycles. The molecular formula is C19H18N2. The summed E-state index contributed by atoms with van der Waals surface area (Å²) in [5.74, 6) is 0.783. The summed E-state index contributed by atoms with van der Waals surface area (Å²) in [6.45, 7) is 6.18. The van der Waals surface area contributed by atoms with E-state index in [0.29, 0.717) is 0 Å². The van der Waals surface area contributed by atoms with Gasteiger partial charge in [0.1, 0.15) is 0 Å². The first kappa shape index (κ1) is 13.5. The molecule has 21 heavy (non-hydrogen) atoms. The van der Waals surface area contributed by atoms with Crippen LogP contribution in [0.5, 0.6) is 0 Å². The molecule has 0 radical (unpaired) electrons. The Bertz CT molecular complexity index is 693. The molecule has 0 spiro atoms. The zero-order valence-corrected chi connectivity index (χ0v) is 12.6. The lowest BCUT2D eigenvalue weighted by atomic mass is 10.1. The lowest BCUT2D eigenvalue weighted by molar-refractivity contribution is 1.11. The maximum Gasteiger partial charge on any atom is 0.160 e. The van der Waals surface area contributed by atoms with Crippen molar-refractivity contribution in [2.24, 2.45) is 0 Å². The van der Waals surface area contributed by atoms with Crippen molar-refractivity contribution in [2.45, 2.75) is 20.8 Å². The highest BCUT2D eigenvalue weighted by Crippen LogP contribution is 2.22. The van der Waals surface area contributed by atoms with Crippen LogP contribution in [0.4, 0.5) is 0 Å². The topological polar surface area (TPSA) is 25.8 Å². The summed E-state index contributed by atoms with van der Waals surface area (Å²) in [6, 6.07) is 18.8. The Kier molecular flexibility index (Phi) is 3.53. The van der Waals surface area contributed by atoms with Crippen LogP contribution in [0.3, 0.4) is 0 Å². The third-order valence-electron chi connectivity index (χ3n) is 3.51. The monoisotopic (exact) mass is 274 g/mol. The van der Waals surface area contributed by atoms with Crippen molar-refractivity contribution in [3.8, 4) is 22.6 Å². The highest BCUT2D eigenvalue weighted by molar-refractivity contribution is 5.64. The Labute approximate surface area is 125 Å². The van der Waals surface area contributed by atoms with Crippen LogP contribution in [0, 0.1) is 20.8 Å². The SMILES string of the molecule is Cc1ccc(-c2cc(C)nc(-c3ccc(C)cc3)n2)cc1. The van der Waals surface area contributed by atoms with Crippen LogP contribution in [-0.2, 0) is 0 Å². The fraction of sp³-hybridized carbons (Fsp3) is 0.158. The fourth-order valence-electron chi connectivity index (χ4n) is 2.27. The molecule has 0 saturated carbocycles. The first-order chi connectivity index (χ1) is 10.1. The predicted octanol–water partition coefficient (Wildman–Crippen LogP) is 4.74. The summed E-state index contributed by atoms with van der Waals surface area (Å²) in [5.41, 5.74) is 6.62. The van der Waals surface area contributed by atoms with Crippen molar-refractivity contribution in [3.05, 3.63) is 71.4 Å². The zero-order chi connectivity index (χ0) is 14.8. The van der Waals surface area contributed by atoms with Crippen molar-refractivity contribution >= 4 is 0 Å². The van der Waals surface area contributed by atoms with Gasteiger partial charge in [0.2, 0.25) is 0 Å². The van der Waals surface area contributed by atoms with E-state index in [2.05, 4.69) is 67.4 Å². The third-order valence-corrected chi connectivity index (χ3v) is 3.51. The Morgan fingerprint density at radius 2 is 1.14 bits per heavy atom. The van der Waals surface area contributed by atoms with E-state index in [1.165, 1.54) is 11.1 Å². The molecule has 2 nitrogen and oxygen atoms in total. The average Bonchev–Trinajstić information content (AvgIpc) is 2.48. The van der Waals surface area contributed by atoms with E-state index < -0.39 is 0 Å². The number of aryl methyl sites for hydroxylation is 3. The standard InChI is InChI=1S/C19H18N2/c1-13-4-8-16(9-5-13)18-12-15(3)20-19(21-18)17-10-6-14(2)7-11-17/h4-12H,1-3H3. The number of rotatable bonds is 2. The molecule has 0 amide bonds. The molecule has 1 aromatic heterocycles. The minimum Gasteiger partial charge on any atom is -0.233 e. The first-order valence-corrected chi connectivity index (χ1v) is 7.11. The highest BCUT2D eigenvalue weighted by atomic mass is 14.9. The molecular weight excluding hydrogens is 256 g/mol. The summed E-state index contributed by atoms with van der Waals surface area (Å²) < 4.78 is 0. The van der Waals surface area contributed by atoms with E-state index in [9.17, 15) is 0 Å². The van der Waals surface area contributed by atoms with Gasteiger partial charge in [-0.25, -0.2) is 9.97 Å². The van der Waals surface area contributed by atoms with Crippen molar-refractivity contribution in [1.82, 2.24) is 9.97 Å². The van der Waals surface area contributed by atoms with Gasteiger partial charge in [0.15, 0.2) is 5.82 Å². The van der Waals surface area contributed by atoms with Crippen LogP contribution in [-0.4, -0.2) is 9.97 Å². The first-order valence-electron chi connectivity index (χ1n) is 7.11. The van der Waals surface area contributed by atoms with Gasteiger partial charge in [0, 0.05) is 16.8 Å². The van der Waals surface area contributed by atoms with Gasteiger partial charge in [-0.2, -0.15) is 0 Å². The molecule has 3 rings (SSSR count). The van der Waals surface area contributed by atoms with Crippen LogP contribution in [0.15, 0.2) is 54.6 Å². The summed E-state index contributed by atoms with van der Waals surface area (Å²) in [4.78, 5) is 9.29. The van der Waals surface area contributed by atoms with Gasteiger partial charge in [0.05, 0.1) is 5.69 Å². The normalized spacial score (nSPS) is 10.6. The van der Waals surface area contributed by atoms with E-state index in [1.54, 1.807) is 0 Å². The molecule has 0 atom stereocenters. The number of benzene rings is 2. The van der Waals surface area contributed by atoms with Gasteiger partial charge in [0.25, 0.3) is 0 Å². The second kappa shape index (κ2) is 5.49. The molecule has 104 valence electrons. The van der Waals surface area contributed by atoms with Gasteiger partial charge in [-0.15, -0.1) is 0 Å². The van der Waals surface area contributed by atoms with Gasteiger partial charge < -0.3 is 0 Å². The molecule has 0 bridgehead atoms. The summed E-state index contributed by atoms with van der Waals surface area (Å²) >= 11 is 0. The van der Waals surface area contributed by atoms with Crippen LogP contribution in [0.1, 0.15) is 16.8 Å². The van der Waals surface area contributed by atoms with Gasteiger partial charge in [-0.3, -0.25) is 0 Å². The lowest BCUT2D eigenvalue weighted by Crippen LogP contribution is -1.95. The molecule has 0 aliphatic heterocycles. The van der Waals surface area contributed by atoms with Crippen LogP contribution < -0.4 is 0 Å². The van der Waals surface area contributed by atoms with E-state index in [4.69, 9.17) is 4.98 Å². The Hall–Kier alpha value is -2.48. The zero-order valence-electron chi connectivity index (χ0n) is 12.6. The molecule has 0 N–H and O–H groups in total. The Morgan fingerprint density at radius 3 is 1.71 bits per heavy atom. The van der Waals surface area contributed by atoms with E-state index in [0.717, 1.165) is 28.3 Å². The molecule has 0 saturated heterocycles. The summed E-state index contributed by atoms with van der Waals surface area (Å²) in [6.07, 6.45) is 0. The lowest BCUT2D eigenvalue weighted by Gasteiger charge is -2.07. The van der Waals surface area contributed by atoms with Crippen molar-refractivity contribution in [2.75, 3.05) is 0 Å². The second-order valence-electron chi connectivity index (χ2n) is 5.45. The third kappa shape index (κ3) is 3.00. The van der Waals surface area contributed by atoms with E-state index >= 15 is 0 Å². The molecule has 3 aromatic rings. The van der Waals surface area contributed by atoms with Crippen molar-refractivity contribution < 1.29 is 0 Å². The number of nitrogens with zero attached hydrogens (tertiary/aromatic N) is 2. The maximum absolute atomic E-state index is 4.72. The quantitative estimate of drug-likeness (QED) is 0.674.